The van der Waals surface area contributed by atoms with Crippen molar-refractivity contribution in [2.24, 2.45) is 0 Å². The second-order valence-electron chi connectivity index (χ2n) is 8.65. The monoisotopic (exact) mass is 415 g/mol. The third kappa shape index (κ3) is 4.51. The first kappa shape index (κ1) is 20.8. The van der Waals surface area contributed by atoms with Gasteiger partial charge in [0.15, 0.2) is 5.43 Å². The fourth-order valence-corrected chi connectivity index (χ4v) is 4.92. The number of benzene rings is 1. The molecule has 2 aromatic rings. The second-order valence-corrected chi connectivity index (χ2v) is 8.65. The Kier molecular flexibility index (Phi) is 6.37. The summed E-state index contributed by atoms with van der Waals surface area (Å²) in [6.07, 6.45) is 11.8. The van der Waals surface area contributed by atoms with Crippen LogP contribution in [0.3, 0.4) is 0 Å². The molecule has 30 heavy (non-hydrogen) atoms. The van der Waals surface area contributed by atoms with Gasteiger partial charge in [-0.05, 0) is 37.8 Å². The Morgan fingerprint density at radius 1 is 1.10 bits per heavy atom. The summed E-state index contributed by atoms with van der Waals surface area (Å²) in [6.45, 7) is -0.0724. The lowest BCUT2D eigenvalue weighted by atomic mass is 9.95. The molecule has 1 aromatic carbocycles. The number of halogens is 1. The van der Waals surface area contributed by atoms with E-state index < -0.39 is 11.8 Å². The summed E-state index contributed by atoms with van der Waals surface area (Å²) in [7, 11) is 0. The molecule has 1 heterocycles. The Bertz CT molecular complexity index is 976. The molecule has 2 saturated carbocycles. The van der Waals surface area contributed by atoms with Crippen molar-refractivity contribution in [1.82, 2.24) is 9.88 Å². The topological polar surface area (TPSA) is 83.4 Å². The largest absolute Gasteiger partial charge is 0.480 e. The standard InChI is InChI=1S/C23H30FN3O3/c24-19-10-18-21(11-20(19)26-16-6-2-1-3-7-16)27(17-8-4-5-9-17)14-15(23(18)30)12-25-13-22(28)29/h10-11,14,16-17,25-26H,1-9,12-13H2,(H,28,29). The molecular weight excluding hydrogens is 385 g/mol. The number of aliphatic carboxylic acids is 1. The first-order valence-corrected chi connectivity index (χ1v) is 11.1. The average molecular weight is 416 g/mol. The molecule has 2 fully saturated rings. The molecule has 0 saturated heterocycles. The van der Waals surface area contributed by atoms with Crippen molar-refractivity contribution in [2.45, 2.75) is 76.4 Å². The van der Waals surface area contributed by atoms with Gasteiger partial charge in [-0.2, -0.15) is 0 Å². The fraction of sp³-hybridized carbons (Fsp3) is 0.565. The fourth-order valence-electron chi connectivity index (χ4n) is 4.92. The summed E-state index contributed by atoms with van der Waals surface area (Å²) in [6, 6.07) is 3.71. The molecule has 162 valence electrons. The highest BCUT2D eigenvalue weighted by atomic mass is 19.1. The number of rotatable bonds is 7. The van der Waals surface area contributed by atoms with E-state index in [2.05, 4.69) is 15.2 Å². The summed E-state index contributed by atoms with van der Waals surface area (Å²) >= 11 is 0. The molecule has 3 N–H and O–H groups in total. The van der Waals surface area contributed by atoms with Crippen molar-refractivity contribution in [3.8, 4) is 0 Å². The van der Waals surface area contributed by atoms with Crippen LogP contribution in [-0.4, -0.2) is 28.2 Å². The van der Waals surface area contributed by atoms with Crippen LogP contribution in [0.4, 0.5) is 10.1 Å². The van der Waals surface area contributed by atoms with E-state index in [-0.39, 0.29) is 30.6 Å². The van der Waals surface area contributed by atoms with Crippen LogP contribution in [0.2, 0.25) is 0 Å². The molecule has 0 aliphatic heterocycles. The highest BCUT2D eigenvalue weighted by molar-refractivity contribution is 5.84. The lowest BCUT2D eigenvalue weighted by Crippen LogP contribution is -2.27. The number of anilines is 1. The minimum Gasteiger partial charge on any atom is -0.480 e. The summed E-state index contributed by atoms with van der Waals surface area (Å²) < 4.78 is 17.1. The van der Waals surface area contributed by atoms with Gasteiger partial charge in [-0.15, -0.1) is 0 Å². The van der Waals surface area contributed by atoms with Gasteiger partial charge in [-0.3, -0.25) is 9.59 Å². The van der Waals surface area contributed by atoms with Crippen molar-refractivity contribution in [3.63, 3.8) is 0 Å². The summed E-state index contributed by atoms with van der Waals surface area (Å²) in [5.74, 6) is -1.38. The molecule has 0 atom stereocenters. The zero-order valence-electron chi connectivity index (χ0n) is 17.3. The van der Waals surface area contributed by atoms with Crippen LogP contribution >= 0.6 is 0 Å². The molecule has 2 aliphatic carbocycles. The Hall–Kier alpha value is -2.41. The van der Waals surface area contributed by atoms with Crippen molar-refractivity contribution in [1.29, 1.82) is 0 Å². The Morgan fingerprint density at radius 3 is 2.50 bits per heavy atom. The molecule has 4 rings (SSSR count). The van der Waals surface area contributed by atoms with Gasteiger partial charge in [0.25, 0.3) is 0 Å². The number of nitrogens with one attached hydrogen (secondary N) is 2. The van der Waals surface area contributed by atoms with Crippen LogP contribution in [0.5, 0.6) is 0 Å². The average Bonchev–Trinajstić information content (AvgIpc) is 3.26. The summed E-state index contributed by atoms with van der Waals surface area (Å²) in [4.78, 5) is 23.8. The number of aromatic nitrogens is 1. The molecule has 2 aliphatic rings. The number of hydrogen-bond donors (Lipinski definition) is 3. The van der Waals surface area contributed by atoms with E-state index in [1.54, 1.807) is 6.07 Å². The quantitative estimate of drug-likeness (QED) is 0.632. The van der Waals surface area contributed by atoms with Crippen LogP contribution in [0.25, 0.3) is 10.9 Å². The van der Waals surface area contributed by atoms with Gasteiger partial charge in [-0.25, -0.2) is 4.39 Å². The smallest absolute Gasteiger partial charge is 0.317 e. The van der Waals surface area contributed by atoms with Gasteiger partial charge in [0.05, 0.1) is 17.7 Å². The number of hydrogen-bond acceptors (Lipinski definition) is 4. The highest BCUT2D eigenvalue weighted by Crippen LogP contribution is 2.33. The van der Waals surface area contributed by atoms with E-state index in [0.29, 0.717) is 16.6 Å². The molecule has 1 aromatic heterocycles. The van der Waals surface area contributed by atoms with Crippen LogP contribution in [0.1, 0.15) is 69.4 Å². The lowest BCUT2D eigenvalue weighted by Gasteiger charge is -2.25. The Balaban J connectivity index is 1.74. The second kappa shape index (κ2) is 9.16. The number of carbonyl (C=O) groups is 1. The lowest BCUT2D eigenvalue weighted by molar-refractivity contribution is -0.136. The predicted molar refractivity (Wildman–Crippen MR) is 116 cm³/mol. The number of nitrogens with zero attached hydrogens (tertiary/aromatic N) is 1. The van der Waals surface area contributed by atoms with E-state index in [4.69, 9.17) is 5.11 Å². The maximum absolute atomic E-state index is 14.9. The van der Waals surface area contributed by atoms with E-state index in [1.165, 1.54) is 12.5 Å². The van der Waals surface area contributed by atoms with Crippen molar-refractivity contribution < 1.29 is 14.3 Å². The normalized spacial score (nSPS) is 18.2. The third-order valence-corrected chi connectivity index (χ3v) is 6.47. The van der Waals surface area contributed by atoms with Crippen molar-refractivity contribution in [2.75, 3.05) is 11.9 Å². The third-order valence-electron chi connectivity index (χ3n) is 6.47. The molecule has 0 amide bonds. The van der Waals surface area contributed by atoms with Crippen molar-refractivity contribution >= 4 is 22.6 Å². The first-order valence-electron chi connectivity index (χ1n) is 11.1. The molecule has 0 bridgehead atoms. The molecule has 6 nitrogen and oxygen atoms in total. The van der Waals surface area contributed by atoms with E-state index in [0.717, 1.165) is 56.9 Å². The van der Waals surface area contributed by atoms with Gasteiger partial charge < -0.3 is 20.3 Å². The zero-order chi connectivity index (χ0) is 21.1. The van der Waals surface area contributed by atoms with E-state index >= 15 is 0 Å². The Labute approximate surface area is 175 Å². The van der Waals surface area contributed by atoms with Crippen molar-refractivity contribution in [3.05, 3.63) is 39.9 Å². The van der Waals surface area contributed by atoms with Gasteiger partial charge in [0, 0.05) is 35.8 Å². The van der Waals surface area contributed by atoms with Gasteiger partial charge in [0.1, 0.15) is 5.82 Å². The minimum absolute atomic E-state index is 0.150. The van der Waals surface area contributed by atoms with E-state index in [9.17, 15) is 14.0 Å². The highest BCUT2D eigenvalue weighted by Gasteiger charge is 2.22. The predicted octanol–water partition coefficient (Wildman–Crippen LogP) is 4.17. The van der Waals surface area contributed by atoms with Gasteiger partial charge in [-0.1, -0.05) is 32.1 Å². The SMILES string of the molecule is O=C(O)CNCc1cn(C2CCCC2)c2cc(NC3CCCCC3)c(F)cc2c1=O. The number of carboxylic acids is 1. The first-order chi connectivity index (χ1) is 14.5. The maximum atomic E-state index is 14.9. The zero-order valence-corrected chi connectivity index (χ0v) is 17.3. The molecule has 0 radical (unpaired) electrons. The number of pyridine rings is 1. The number of fused-ring (bicyclic) bond motifs is 1. The summed E-state index contributed by atoms with van der Waals surface area (Å²) in [5, 5.41) is 15.4. The van der Waals surface area contributed by atoms with Crippen LogP contribution < -0.4 is 16.1 Å². The summed E-state index contributed by atoms with van der Waals surface area (Å²) in [5.41, 5.74) is 1.47. The molecule has 0 unspecified atom stereocenters. The van der Waals surface area contributed by atoms with E-state index in [1.807, 2.05) is 6.20 Å². The molecule has 7 heteroatoms. The molecular formula is C23H30FN3O3. The maximum Gasteiger partial charge on any atom is 0.317 e. The van der Waals surface area contributed by atoms with Crippen LogP contribution in [-0.2, 0) is 11.3 Å². The minimum atomic E-state index is -0.976. The van der Waals surface area contributed by atoms with Gasteiger partial charge in [0.2, 0.25) is 0 Å². The Morgan fingerprint density at radius 2 is 1.80 bits per heavy atom. The van der Waals surface area contributed by atoms with Crippen LogP contribution in [0, 0.1) is 5.82 Å². The molecule has 0 spiro atoms. The number of carboxylic acid groups (broad SMARTS) is 1. The van der Waals surface area contributed by atoms with Gasteiger partial charge >= 0.3 is 5.97 Å². The van der Waals surface area contributed by atoms with Crippen LogP contribution in [0.15, 0.2) is 23.1 Å².